The van der Waals surface area contributed by atoms with Gasteiger partial charge in [-0.05, 0) is 42.5 Å². The molecule has 0 unspecified atom stereocenters. The van der Waals surface area contributed by atoms with E-state index in [1.165, 1.54) is 12.1 Å². The lowest BCUT2D eigenvalue weighted by atomic mass is 10.1. The molecule has 0 radical (unpaired) electrons. The summed E-state index contributed by atoms with van der Waals surface area (Å²) in [7, 11) is -3.70. The highest BCUT2D eigenvalue weighted by Crippen LogP contribution is 2.24. The minimum Gasteiger partial charge on any atom is -0.233 e. The van der Waals surface area contributed by atoms with Gasteiger partial charge in [0, 0.05) is 10.6 Å². The van der Waals surface area contributed by atoms with Crippen molar-refractivity contribution in [3.05, 3.63) is 65.8 Å². The van der Waals surface area contributed by atoms with Gasteiger partial charge in [-0.3, -0.25) is 0 Å². The average molecular weight is 334 g/mol. The fraction of sp³-hybridized carbons (Fsp3) is 0. The quantitative estimate of drug-likeness (QED) is 0.800. The number of primary sulfonamides is 1. The molecular formula is C15H12ClN3O2S. The molecular weight excluding hydrogens is 322 g/mol. The topological polar surface area (TPSA) is 78.0 Å². The van der Waals surface area contributed by atoms with Gasteiger partial charge in [-0.25, -0.2) is 18.2 Å². The number of sulfonamides is 1. The van der Waals surface area contributed by atoms with E-state index in [1.807, 2.05) is 18.2 Å². The van der Waals surface area contributed by atoms with Gasteiger partial charge in [0.2, 0.25) is 10.0 Å². The van der Waals surface area contributed by atoms with Crippen molar-refractivity contribution < 1.29 is 8.42 Å². The van der Waals surface area contributed by atoms with Crippen LogP contribution in [0.2, 0.25) is 5.02 Å². The van der Waals surface area contributed by atoms with Crippen molar-refractivity contribution in [1.82, 2.24) is 9.78 Å². The smallest absolute Gasteiger partial charge is 0.233 e. The lowest BCUT2D eigenvalue weighted by Gasteiger charge is -2.08. The van der Waals surface area contributed by atoms with Crippen molar-refractivity contribution in [2.24, 2.45) is 5.14 Å². The van der Waals surface area contributed by atoms with E-state index in [-0.39, 0.29) is 4.90 Å². The Bertz CT molecular complexity index is 901. The maximum absolute atomic E-state index is 11.3. The molecule has 0 spiro atoms. The molecule has 7 heteroatoms. The maximum atomic E-state index is 11.3. The zero-order valence-corrected chi connectivity index (χ0v) is 12.9. The van der Waals surface area contributed by atoms with E-state index in [0.717, 1.165) is 16.9 Å². The lowest BCUT2D eigenvalue weighted by Crippen LogP contribution is -2.12. The largest absolute Gasteiger partial charge is 0.238 e. The summed E-state index contributed by atoms with van der Waals surface area (Å²) in [5.41, 5.74) is 2.57. The molecule has 0 atom stereocenters. The average Bonchev–Trinajstić information content (AvgIpc) is 2.97. The number of halogens is 1. The molecule has 2 N–H and O–H groups in total. The van der Waals surface area contributed by atoms with Crippen LogP contribution in [0, 0.1) is 0 Å². The van der Waals surface area contributed by atoms with E-state index < -0.39 is 10.0 Å². The molecule has 3 rings (SSSR count). The Morgan fingerprint density at radius 2 is 1.59 bits per heavy atom. The summed E-state index contributed by atoms with van der Waals surface area (Å²) < 4.78 is 24.3. The van der Waals surface area contributed by atoms with Gasteiger partial charge in [-0.15, -0.1) is 0 Å². The third kappa shape index (κ3) is 2.89. The Hall–Kier alpha value is -2.15. The number of nitrogens with two attached hydrogens (primary N) is 1. The standard InChI is InChI=1S/C15H12ClN3O2S/c16-12-3-1-11(2-4-12)15-9-10-18-19(15)13-5-7-14(8-6-13)22(17,20)21/h1-10H,(H2,17,20,21). The van der Waals surface area contributed by atoms with E-state index in [1.54, 1.807) is 35.1 Å². The van der Waals surface area contributed by atoms with Gasteiger partial charge < -0.3 is 0 Å². The third-order valence-corrected chi connectivity index (χ3v) is 4.37. The van der Waals surface area contributed by atoms with Crippen LogP contribution in [0.25, 0.3) is 16.9 Å². The molecule has 1 heterocycles. The Labute approximate surface area is 133 Å². The number of benzene rings is 2. The van der Waals surface area contributed by atoms with E-state index in [9.17, 15) is 8.42 Å². The second kappa shape index (κ2) is 5.57. The molecule has 0 amide bonds. The van der Waals surface area contributed by atoms with E-state index in [4.69, 9.17) is 16.7 Å². The highest BCUT2D eigenvalue weighted by molar-refractivity contribution is 7.89. The van der Waals surface area contributed by atoms with Gasteiger partial charge in [0.1, 0.15) is 0 Å². The number of nitrogens with zero attached hydrogens (tertiary/aromatic N) is 2. The fourth-order valence-electron chi connectivity index (χ4n) is 2.13. The Balaban J connectivity index is 2.03. The predicted molar refractivity (Wildman–Crippen MR) is 85.4 cm³/mol. The summed E-state index contributed by atoms with van der Waals surface area (Å²) in [4.78, 5) is 0.0662. The summed E-state index contributed by atoms with van der Waals surface area (Å²) in [5.74, 6) is 0. The van der Waals surface area contributed by atoms with Crippen LogP contribution < -0.4 is 5.14 Å². The maximum Gasteiger partial charge on any atom is 0.238 e. The first-order valence-corrected chi connectivity index (χ1v) is 8.31. The van der Waals surface area contributed by atoms with Crippen LogP contribution in [0.5, 0.6) is 0 Å². The minimum absolute atomic E-state index is 0.0662. The van der Waals surface area contributed by atoms with Crippen molar-refractivity contribution >= 4 is 21.6 Å². The summed E-state index contributed by atoms with van der Waals surface area (Å²) >= 11 is 5.90. The molecule has 0 aliphatic carbocycles. The van der Waals surface area contributed by atoms with Crippen LogP contribution in [0.4, 0.5) is 0 Å². The third-order valence-electron chi connectivity index (χ3n) is 3.19. The normalized spacial score (nSPS) is 11.5. The van der Waals surface area contributed by atoms with Gasteiger partial charge >= 0.3 is 0 Å². The first-order valence-electron chi connectivity index (χ1n) is 6.38. The summed E-state index contributed by atoms with van der Waals surface area (Å²) in [6.07, 6.45) is 1.68. The molecule has 2 aromatic carbocycles. The van der Waals surface area contributed by atoms with Gasteiger partial charge in [0.05, 0.1) is 22.5 Å². The fourth-order valence-corrected chi connectivity index (χ4v) is 2.77. The van der Waals surface area contributed by atoms with Crippen LogP contribution in [-0.4, -0.2) is 18.2 Å². The van der Waals surface area contributed by atoms with Crippen molar-refractivity contribution in [1.29, 1.82) is 0 Å². The highest BCUT2D eigenvalue weighted by atomic mass is 35.5. The monoisotopic (exact) mass is 333 g/mol. The number of hydrogen-bond acceptors (Lipinski definition) is 3. The molecule has 5 nitrogen and oxygen atoms in total. The number of hydrogen-bond donors (Lipinski definition) is 1. The second-order valence-corrected chi connectivity index (χ2v) is 6.67. The van der Waals surface area contributed by atoms with Crippen LogP contribution >= 0.6 is 11.6 Å². The van der Waals surface area contributed by atoms with Crippen LogP contribution in [0.15, 0.2) is 65.7 Å². The van der Waals surface area contributed by atoms with Crippen LogP contribution in [0.3, 0.4) is 0 Å². The van der Waals surface area contributed by atoms with Gasteiger partial charge in [-0.1, -0.05) is 23.7 Å². The molecule has 3 aromatic rings. The number of rotatable bonds is 3. The Morgan fingerprint density at radius 1 is 0.955 bits per heavy atom. The van der Waals surface area contributed by atoms with Gasteiger partial charge in [0.15, 0.2) is 0 Å². The molecule has 0 saturated heterocycles. The zero-order chi connectivity index (χ0) is 15.7. The van der Waals surface area contributed by atoms with Crippen LogP contribution in [-0.2, 0) is 10.0 Å². The first-order chi connectivity index (χ1) is 10.4. The second-order valence-electron chi connectivity index (χ2n) is 4.67. The summed E-state index contributed by atoms with van der Waals surface area (Å²) in [5, 5.41) is 10.0. The van der Waals surface area contributed by atoms with Gasteiger partial charge in [0.25, 0.3) is 0 Å². The first kappa shape index (κ1) is 14.8. The molecule has 0 bridgehead atoms. The molecule has 1 aromatic heterocycles. The van der Waals surface area contributed by atoms with E-state index in [2.05, 4.69) is 5.10 Å². The molecule has 0 aliphatic rings. The Kier molecular flexibility index (Phi) is 3.74. The summed E-state index contributed by atoms with van der Waals surface area (Å²) in [6, 6.07) is 15.5. The van der Waals surface area contributed by atoms with Crippen molar-refractivity contribution in [3.8, 4) is 16.9 Å². The SMILES string of the molecule is NS(=O)(=O)c1ccc(-n2nccc2-c2ccc(Cl)cc2)cc1. The molecule has 0 aliphatic heterocycles. The van der Waals surface area contributed by atoms with Gasteiger partial charge in [-0.2, -0.15) is 5.10 Å². The van der Waals surface area contributed by atoms with Crippen molar-refractivity contribution in [3.63, 3.8) is 0 Å². The minimum atomic E-state index is -3.70. The highest BCUT2D eigenvalue weighted by Gasteiger charge is 2.10. The molecule has 22 heavy (non-hydrogen) atoms. The van der Waals surface area contributed by atoms with E-state index >= 15 is 0 Å². The zero-order valence-electron chi connectivity index (χ0n) is 11.3. The molecule has 0 saturated carbocycles. The predicted octanol–water partition coefficient (Wildman–Crippen LogP) is 2.84. The lowest BCUT2D eigenvalue weighted by molar-refractivity contribution is 0.598. The number of aromatic nitrogens is 2. The molecule has 0 fully saturated rings. The molecule has 112 valence electrons. The van der Waals surface area contributed by atoms with E-state index in [0.29, 0.717) is 5.02 Å². The summed E-state index contributed by atoms with van der Waals surface area (Å²) in [6.45, 7) is 0. The van der Waals surface area contributed by atoms with Crippen LogP contribution in [0.1, 0.15) is 0 Å². The van der Waals surface area contributed by atoms with Crippen molar-refractivity contribution in [2.45, 2.75) is 4.90 Å². The Morgan fingerprint density at radius 3 is 2.18 bits per heavy atom. The van der Waals surface area contributed by atoms with Crippen molar-refractivity contribution in [2.75, 3.05) is 0 Å².